The number of hydrogen-bond acceptors (Lipinski definition) is 3. The molecule has 0 fully saturated rings. The third-order valence-corrected chi connectivity index (χ3v) is 3.67. The summed E-state index contributed by atoms with van der Waals surface area (Å²) >= 11 is 1.53. The van der Waals surface area contributed by atoms with Crippen molar-refractivity contribution >= 4 is 28.8 Å². The maximum Gasteiger partial charge on any atom is 0.416 e. The molecule has 2 N–H and O–H groups in total. The standard InChI is InChI=1S/C15H13F3N2O2S/c16-15(17,18)11-2-1-3-12(8-11)20-14(22)13(21)19-6-4-10-5-7-23-9-10/h1-3,5,7-9H,4,6H2,(H,19,21)(H,20,22). The smallest absolute Gasteiger partial charge is 0.347 e. The molecule has 1 heterocycles. The van der Waals surface area contributed by atoms with Crippen LogP contribution in [-0.2, 0) is 22.2 Å². The van der Waals surface area contributed by atoms with Crippen molar-refractivity contribution in [3.05, 3.63) is 52.2 Å². The zero-order valence-corrected chi connectivity index (χ0v) is 12.6. The lowest BCUT2D eigenvalue weighted by molar-refractivity contribution is -0.137. The van der Waals surface area contributed by atoms with E-state index < -0.39 is 23.6 Å². The Morgan fingerprint density at radius 3 is 2.57 bits per heavy atom. The van der Waals surface area contributed by atoms with Gasteiger partial charge in [0.15, 0.2) is 0 Å². The van der Waals surface area contributed by atoms with E-state index in [9.17, 15) is 22.8 Å². The second kappa shape index (κ2) is 7.28. The van der Waals surface area contributed by atoms with Gasteiger partial charge >= 0.3 is 18.0 Å². The van der Waals surface area contributed by atoms with E-state index in [1.807, 2.05) is 16.8 Å². The third-order valence-electron chi connectivity index (χ3n) is 2.93. The zero-order valence-electron chi connectivity index (χ0n) is 11.8. The van der Waals surface area contributed by atoms with E-state index in [-0.39, 0.29) is 12.2 Å². The number of carbonyl (C=O) groups is 2. The highest BCUT2D eigenvalue weighted by molar-refractivity contribution is 7.07. The molecule has 0 radical (unpaired) electrons. The van der Waals surface area contributed by atoms with Gasteiger partial charge in [-0.25, -0.2) is 0 Å². The maximum absolute atomic E-state index is 12.6. The van der Waals surface area contributed by atoms with Crippen LogP contribution in [0.3, 0.4) is 0 Å². The van der Waals surface area contributed by atoms with Crippen LogP contribution in [0.2, 0.25) is 0 Å². The molecule has 0 aliphatic rings. The fraction of sp³-hybridized carbons (Fsp3) is 0.200. The van der Waals surface area contributed by atoms with Crippen LogP contribution in [0.4, 0.5) is 18.9 Å². The van der Waals surface area contributed by atoms with Crippen LogP contribution in [0, 0.1) is 0 Å². The summed E-state index contributed by atoms with van der Waals surface area (Å²) in [5.41, 5.74) is 0.0552. The third kappa shape index (κ3) is 5.10. The number of halogens is 3. The molecule has 1 aromatic heterocycles. The molecule has 122 valence electrons. The number of nitrogens with one attached hydrogen (secondary N) is 2. The summed E-state index contributed by atoms with van der Waals surface area (Å²) in [6, 6.07) is 6.01. The van der Waals surface area contributed by atoms with E-state index in [1.54, 1.807) is 0 Å². The Balaban J connectivity index is 1.87. The lowest BCUT2D eigenvalue weighted by Crippen LogP contribution is -2.36. The van der Waals surface area contributed by atoms with E-state index >= 15 is 0 Å². The van der Waals surface area contributed by atoms with Gasteiger partial charge in [0.1, 0.15) is 0 Å². The normalized spacial score (nSPS) is 11.1. The average molecular weight is 342 g/mol. The quantitative estimate of drug-likeness (QED) is 0.839. The first-order valence-electron chi connectivity index (χ1n) is 6.64. The molecule has 0 bridgehead atoms. The van der Waals surface area contributed by atoms with Gasteiger partial charge in [0.25, 0.3) is 0 Å². The number of anilines is 1. The fourth-order valence-corrected chi connectivity index (χ4v) is 2.50. The number of hydrogen-bond donors (Lipinski definition) is 2. The van der Waals surface area contributed by atoms with Crippen LogP contribution in [0.1, 0.15) is 11.1 Å². The molecule has 0 aliphatic carbocycles. The Labute approximate surface area is 134 Å². The van der Waals surface area contributed by atoms with Gasteiger partial charge in [-0.2, -0.15) is 24.5 Å². The van der Waals surface area contributed by atoms with Crippen LogP contribution in [0.25, 0.3) is 0 Å². The van der Waals surface area contributed by atoms with Gasteiger partial charge in [0.05, 0.1) is 5.56 Å². The molecule has 8 heteroatoms. The molecule has 0 spiro atoms. The Kier molecular flexibility index (Phi) is 5.38. The van der Waals surface area contributed by atoms with E-state index in [1.165, 1.54) is 17.4 Å². The molecule has 0 unspecified atom stereocenters. The highest BCUT2D eigenvalue weighted by Crippen LogP contribution is 2.30. The summed E-state index contributed by atoms with van der Waals surface area (Å²) < 4.78 is 37.7. The summed E-state index contributed by atoms with van der Waals surface area (Å²) in [5, 5.41) is 8.39. The largest absolute Gasteiger partial charge is 0.416 e. The first-order valence-corrected chi connectivity index (χ1v) is 7.58. The number of carbonyl (C=O) groups excluding carboxylic acids is 2. The molecule has 0 aliphatic heterocycles. The number of rotatable bonds is 4. The van der Waals surface area contributed by atoms with Crippen molar-refractivity contribution in [3.8, 4) is 0 Å². The molecule has 0 saturated heterocycles. The number of amides is 2. The molecular weight excluding hydrogens is 329 g/mol. The molecule has 23 heavy (non-hydrogen) atoms. The van der Waals surface area contributed by atoms with Crippen LogP contribution >= 0.6 is 11.3 Å². The average Bonchev–Trinajstić information content (AvgIpc) is 3.00. The van der Waals surface area contributed by atoms with Crippen molar-refractivity contribution in [2.24, 2.45) is 0 Å². The lowest BCUT2D eigenvalue weighted by Gasteiger charge is -2.10. The topological polar surface area (TPSA) is 58.2 Å². The molecule has 2 amide bonds. The number of benzene rings is 1. The monoisotopic (exact) mass is 342 g/mol. The van der Waals surface area contributed by atoms with Crippen molar-refractivity contribution in [2.75, 3.05) is 11.9 Å². The van der Waals surface area contributed by atoms with Gasteiger partial charge in [0, 0.05) is 12.2 Å². The fourth-order valence-electron chi connectivity index (χ4n) is 1.80. The van der Waals surface area contributed by atoms with Crippen LogP contribution in [0.15, 0.2) is 41.1 Å². The molecule has 4 nitrogen and oxygen atoms in total. The second-order valence-electron chi connectivity index (χ2n) is 4.67. The van der Waals surface area contributed by atoms with Crippen LogP contribution in [-0.4, -0.2) is 18.4 Å². The van der Waals surface area contributed by atoms with E-state index in [4.69, 9.17) is 0 Å². The Morgan fingerprint density at radius 2 is 1.91 bits per heavy atom. The van der Waals surface area contributed by atoms with Crippen molar-refractivity contribution in [1.29, 1.82) is 0 Å². The van der Waals surface area contributed by atoms with Crippen LogP contribution < -0.4 is 10.6 Å². The Bertz CT molecular complexity index is 684. The van der Waals surface area contributed by atoms with E-state index in [0.717, 1.165) is 23.8 Å². The predicted molar refractivity (Wildman–Crippen MR) is 81.1 cm³/mol. The predicted octanol–water partition coefficient (Wildman–Crippen LogP) is 3.06. The van der Waals surface area contributed by atoms with Gasteiger partial charge in [-0.15, -0.1) is 0 Å². The van der Waals surface area contributed by atoms with Crippen molar-refractivity contribution in [3.63, 3.8) is 0 Å². The van der Waals surface area contributed by atoms with Crippen molar-refractivity contribution in [1.82, 2.24) is 5.32 Å². The van der Waals surface area contributed by atoms with E-state index in [2.05, 4.69) is 10.6 Å². The molecular formula is C15H13F3N2O2S. The van der Waals surface area contributed by atoms with Gasteiger partial charge < -0.3 is 10.6 Å². The summed E-state index contributed by atoms with van der Waals surface area (Å²) in [7, 11) is 0. The molecule has 1 aromatic carbocycles. The second-order valence-corrected chi connectivity index (χ2v) is 5.45. The first-order chi connectivity index (χ1) is 10.9. The van der Waals surface area contributed by atoms with Gasteiger partial charge in [-0.05, 0) is 47.0 Å². The first kappa shape index (κ1) is 17.0. The highest BCUT2D eigenvalue weighted by Gasteiger charge is 2.30. The SMILES string of the molecule is O=C(NCCc1ccsc1)C(=O)Nc1cccc(C(F)(F)F)c1. The van der Waals surface area contributed by atoms with Crippen molar-refractivity contribution < 1.29 is 22.8 Å². The van der Waals surface area contributed by atoms with Crippen LogP contribution in [0.5, 0.6) is 0 Å². The Morgan fingerprint density at radius 1 is 1.13 bits per heavy atom. The van der Waals surface area contributed by atoms with Crippen molar-refractivity contribution in [2.45, 2.75) is 12.6 Å². The summed E-state index contributed by atoms with van der Waals surface area (Å²) in [4.78, 5) is 23.3. The molecule has 2 rings (SSSR count). The maximum atomic E-state index is 12.6. The van der Waals surface area contributed by atoms with Gasteiger partial charge in [-0.3, -0.25) is 9.59 Å². The minimum Gasteiger partial charge on any atom is -0.347 e. The minimum atomic E-state index is -4.51. The van der Waals surface area contributed by atoms with Gasteiger partial charge in [0.2, 0.25) is 0 Å². The summed E-state index contributed by atoms with van der Waals surface area (Å²) in [6.45, 7) is 0.269. The highest BCUT2D eigenvalue weighted by atomic mass is 32.1. The summed E-state index contributed by atoms with van der Waals surface area (Å²) in [5.74, 6) is -1.90. The summed E-state index contributed by atoms with van der Waals surface area (Å²) in [6.07, 6.45) is -3.93. The molecule has 0 saturated carbocycles. The van der Waals surface area contributed by atoms with E-state index in [0.29, 0.717) is 6.42 Å². The Hall–Kier alpha value is -2.35. The van der Waals surface area contributed by atoms with Gasteiger partial charge in [-0.1, -0.05) is 6.07 Å². The lowest BCUT2D eigenvalue weighted by atomic mass is 10.2. The zero-order chi connectivity index (χ0) is 16.9. The number of alkyl halides is 3. The number of thiophene rings is 1. The molecule has 2 aromatic rings. The molecule has 0 atom stereocenters. The minimum absolute atomic E-state index is 0.0854.